The molecule has 4 heterocycles. The van der Waals surface area contributed by atoms with E-state index in [0.717, 1.165) is 24.0 Å². The number of benzene rings is 1. The highest BCUT2D eigenvalue weighted by atomic mass is 16.3. The molecule has 2 unspecified atom stereocenters. The lowest BCUT2D eigenvalue weighted by Crippen LogP contribution is -2.43. The normalized spacial score (nSPS) is 24.1. The largest absolute Gasteiger partial charge is 0.507 e. The molecule has 0 saturated carbocycles. The summed E-state index contributed by atoms with van der Waals surface area (Å²) in [5, 5.41) is 32.6. The molecule has 0 radical (unpaired) electrons. The SMILES string of the molecule is Oc1cc(-c2cn[nH]c2)ccc1-c1cnc(NC2CC3CCC(C2)N3)nn1. The lowest BCUT2D eigenvalue weighted by molar-refractivity contribution is 0.377. The summed E-state index contributed by atoms with van der Waals surface area (Å²) in [6.07, 6.45) is 9.85. The van der Waals surface area contributed by atoms with Gasteiger partial charge in [-0.05, 0) is 43.4 Å². The molecule has 138 valence electrons. The fourth-order valence-electron chi connectivity index (χ4n) is 4.16. The third-order valence-corrected chi connectivity index (χ3v) is 5.47. The number of fused-ring (bicyclic) bond motifs is 2. The molecule has 2 fully saturated rings. The first-order chi connectivity index (χ1) is 13.2. The van der Waals surface area contributed by atoms with Gasteiger partial charge >= 0.3 is 0 Å². The first-order valence-corrected chi connectivity index (χ1v) is 9.29. The van der Waals surface area contributed by atoms with E-state index in [1.165, 1.54) is 12.8 Å². The van der Waals surface area contributed by atoms with Crippen LogP contribution >= 0.6 is 0 Å². The minimum absolute atomic E-state index is 0.139. The van der Waals surface area contributed by atoms with Crippen LogP contribution in [-0.4, -0.2) is 48.6 Å². The highest BCUT2D eigenvalue weighted by Gasteiger charge is 2.33. The number of hydrogen-bond donors (Lipinski definition) is 4. The number of phenols is 1. The Labute approximate surface area is 156 Å². The summed E-state index contributed by atoms with van der Waals surface area (Å²) in [7, 11) is 0. The van der Waals surface area contributed by atoms with E-state index >= 15 is 0 Å². The van der Waals surface area contributed by atoms with Crippen LogP contribution in [0.25, 0.3) is 22.4 Å². The molecule has 8 heteroatoms. The molecule has 2 bridgehead atoms. The van der Waals surface area contributed by atoms with Crippen molar-refractivity contribution >= 4 is 5.95 Å². The van der Waals surface area contributed by atoms with Gasteiger partial charge in [0, 0.05) is 35.4 Å². The third kappa shape index (κ3) is 3.23. The van der Waals surface area contributed by atoms with E-state index in [4.69, 9.17) is 0 Å². The van der Waals surface area contributed by atoms with Crippen LogP contribution in [0.3, 0.4) is 0 Å². The Morgan fingerprint density at radius 3 is 2.56 bits per heavy atom. The first kappa shape index (κ1) is 16.2. The summed E-state index contributed by atoms with van der Waals surface area (Å²) in [6, 6.07) is 7.04. The second-order valence-electron chi connectivity index (χ2n) is 7.34. The Bertz CT molecular complexity index is 914. The fraction of sp³-hybridized carbons (Fsp3) is 0.368. The molecule has 0 aliphatic carbocycles. The highest BCUT2D eigenvalue weighted by Crippen LogP contribution is 2.32. The molecule has 0 amide bonds. The maximum absolute atomic E-state index is 10.4. The van der Waals surface area contributed by atoms with Crippen molar-refractivity contribution in [2.45, 2.75) is 43.8 Å². The number of nitrogens with one attached hydrogen (secondary N) is 3. The predicted octanol–water partition coefficient (Wildman–Crippen LogP) is 2.33. The Hall–Kier alpha value is -3.00. The van der Waals surface area contributed by atoms with Gasteiger partial charge in [-0.15, -0.1) is 10.2 Å². The van der Waals surface area contributed by atoms with Crippen LogP contribution in [0.1, 0.15) is 25.7 Å². The van der Waals surface area contributed by atoms with Gasteiger partial charge in [-0.3, -0.25) is 5.10 Å². The number of anilines is 1. The van der Waals surface area contributed by atoms with Crippen LogP contribution in [0.4, 0.5) is 5.95 Å². The molecule has 4 N–H and O–H groups in total. The highest BCUT2D eigenvalue weighted by molar-refractivity contribution is 5.73. The van der Waals surface area contributed by atoms with E-state index in [2.05, 4.69) is 36.0 Å². The van der Waals surface area contributed by atoms with Crippen LogP contribution < -0.4 is 10.6 Å². The van der Waals surface area contributed by atoms with Gasteiger partial charge in [0.2, 0.25) is 5.95 Å². The zero-order valence-corrected chi connectivity index (χ0v) is 14.8. The van der Waals surface area contributed by atoms with Crippen molar-refractivity contribution in [2.24, 2.45) is 0 Å². The van der Waals surface area contributed by atoms with Crippen LogP contribution in [0.5, 0.6) is 5.75 Å². The number of rotatable bonds is 4. The average Bonchev–Trinajstić information content (AvgIpc) is 3.32. The van der Waals surface area contributed by atoms with Crippen LogP contribution in [0.15, 0.2) is 36.8 Å². The van der Waals surface area contributed by atoms with Crippen LogP contribution in [0.2, 0.25) is 0 Å². The predicted molar refractivity (Wildman–Crippen MR) is 101 cm³/mol. The summed E-state index contributed by atoms with van der Waals surface area (Å²) in [5.41, 5.74) is 2.94. The first-order valence-electron chi connectivity index (χ1n) is 9.29. The minimum atomic E-state index is 0.139. The van der Waals surface area contributed by atoms with E-state index in [9.17, 15) is 5.11 Å². The van der Waals surface area contributed by atoms with Crippen molar-refractivity contribution in [3.05, 3.63) is 36.8 Å². The molecule has 2 atom stereocenters. The number of phenolic OH excluding ortho intramolecular Hbond substituents is 1. The summed E-state index contributed by atoms with van der Waals surface area (Å²) >= 11 is 0. The standard InChI is InChI=1S/C19H21N7O/c27-18-5-11(12-8-21-22-9-12)1-4-16(18)17-10-20-19(26-25-17)24-15-6-13-2-3-14(7-15)23-13/h1,4-5,8-10,13-15,23,27H,2-3,6-7H2,(H,21,22)(H,20,24,26). The van der Waals surface area contributed by atoms with Crippen LogP contribution in [-0.2, 0) is 0 Å². The molecular formula is C19H21N7O. The molecule has 5 rings (SSSR count). The molecule has 0 spiro atoms. The van der Waals surface area contributed by atoms with Gasteiger partial charge in [-0.1, -0.05) is 6.07 Å². The second kappa shape index (κ2) is 6.62. The third-order valence-electron chi connectivity index (χ3n) is 5.47. The maximum Gasteiger partial charge on any atom is 0.242 e. The Balaban J connectivity index is 1.31. The van der Waals surface area contributed by atoms with Crippen molar-refractivity contribution < 1.29 is 5.11 Å². The number of nitrogens with zero attached hydrogens (tertiary/aromatic N) is 4. The molecule has 1 aromatic carbocycles. The van der Waals surface area contributed by atoms with E-state index in [1.807, 2.05) is 12.1 Å². The summed E-state index contributed by atoms with van der Waals surface area (Å²) in [5.74, 6) is 0.681. The minimum Gasteiger partial charge on any atom is -0.507 e. The summed E-state index contributed by atoms with van der Waals surface area (Å²) in [4.78, 5) is 4.40. The van der Waals surface area contributed by atoms with E-state index in [-0.39, 0.29) is 5.75 Å². The summed E-state index contributed by atoms with van der Waals surface area (Å²) in [6.45, 7) is 0. The number of hydrogen-bond acceptors (Lipinski definition) is 7. The van der Waals surface area contributed by atoms with Crippen molar-refractivity contribution in [1.29, 1.82) is 0 Å². The second-order valence-corrected chi connectivity index (χ2v) is 7.34. The topological polar surface area (TPSA) is 112 Å². The quantitative estimate of drug-likeness (QED) is 0.563. The molecular weight excluding hydrogens is 342 g/mol. The van der Waals surface area contributed by atoms with Gasteiger partial charge in [-0.25, -0.2) is 4.98 Å². The Kier molecular flexibility index (Phi) is 3.97. The van der Waals surface area contributed by atoms with E-state index in [1.54, 1.807) is 24.7 Å². The van der Waals surface area contributed by atoms with E-state index < -0.39 is 0 Å². The zero-order valence-electron chi connectivity index (χ0n) is 14.8. The molecule has 2 aromatic heterocycles. The lowest BCUT2D eigenvalue weighted by atomic mass is 10.0. The van der Waals surface area contributed by atoms with Gasteiger partial charge in [0.15, 0.2) is 0 Å². The van der Waals surface area contributed by atoms with Gasteiger partial charge in [0.25, 0.3) is 0 Å². The summed E-state index contributed by atoms with van der Waals surface area (Å²) < 4.78 is 0. The zero-order chi connectivity index (χ0) is 18.2. The van der Waals surface area contributed by atoms with Crippen LogP contribution in [0, 0.1) is 0 Å². The molecule has 2 aliphatic rings. The van der Waals surface area contributed by atoms with Crippen molar-refractivity contribution in [2.75, 3.05) is 5.32 Å². The number of aromatic hydroxyl groups is 1. The van der Waals surface area contributed by atoms with Gasteiger partial charge < -0.3 is 15.7 Å². The molecule has 2 saturated heterocycles. The molecule has 8 nitrogen and oxygen atoms in total. The monoisotopic (exact) mass is 363 g/mol. The van der Waals surface area contributed by atoms with Gasteiger partial charge in [-0.2, -0.15) is 5.10 Å². The number of aromatic amines is 1. The van der Waals surface area contributed by atoms with Crippen molar-refractivity contribution in [3.63, 3.8) is 0 Å². The van der Waals surface area contributed by atoms with Crippen molar-refractivity contribution in [1.82, 2.24) is 30.7 Å². The average molecular weight is 363 g/mol. The van der Waals surface area contributed by atoms with Crippen molar-refractivity contribution in [3.8, 4) is 28.1 Å². The number of piperidine rings is 1. The lowest BCUT2D eigenvalue weighted by Gasteiger charge is -2.29. The van der Waals surface area contributed by atoms with E-state index in [0.29, 0.717) is 35.3 Å². The fourth-order valence-corrected chi connectivity index (χ4v) is 4.16. The molecule has 27 heavy (non-hydrogen) atoms. The van der Waals surface area contributed by atoms with Gasteiger partial charge in [0.1, 0.15) is 11.4 Å². The smallest absolute Gasteiger partial charge is 0.242 e. The number of H-pyrrole nitrogens is 1. The molecule has 3 aromatic rings. The maximum atomic E-state index is 10.4. The Morgan fingerprint density at radius 1 is 1.04 bits per heavy atom. The number of aromatic nitrogens is 5. The Morgan fingerprint density at radius 2 is 1.89 bits per heavy atom. The van der Waals surface area contributed by atoms with Gasteiger partial charge in [0.05, 0.1) is 12.4 Å². The molecule has 2 aliphatic heterocycles.